The van der Waals surface area contributed by atoms with Crippen molar-refractivity contribution in [3.63, 3.8) is 0 Å². The van der Waals surface area contributed by atoms with E-state index in [2.05, 4.69) is 5.32 Å². The minimum absolute atomic E-state index is 0.0110. The molecule has 0 atom stereocenters. The Bertz CT molecular complexity index is 658. The lowest BCUT2D eigenvalue weighted by Crippen LogP contribution is -2.10. The summed E-state index contributed by atoms with van der Waals surface area (Å²) in [6.45, 7) is 0.180. The summed E-state index contributed by atoms with van der Waals surface area (Å²) >= 11 is 7.05. The van der Waals surface area contributed by atoms with E-state index in [1.165, 1.54) is 23.5 Å². The zero-order valence-electron chi connectivity index (χ0n) is 9.96. The highest BCUT2D eigenvalue weighted by atomic mass is 35.5. The van der Waals surface area contributed by atoms with Gasteiger partial charge in [-0.2, -0.15) is 18.4 Å². The molecule has 7 heteroatoms. The molecule has 2 nitrogen and oxygen atoms in total. The monoisotopic (exact) mass is 316 g/mol. The summed E-state index contributed by atoms with van der Waals surface area (Å²) in [4.78, 5) is 1.27. The first kappa shape index (κ1) is 14.7. The van der Waals surface area contributed by atoms with Gasteiger partial charge in [-0.15, -0.1) is 11.3 Å². The number of rotatable bonds is 3. The third kappa shape index (κ3) is 3.24. The Hall–Kier alpha value is -1.71. The van der Waals surface area contributed by atoms with Crippen molar-refractivity contribution in [1.29, 1.82) is 5.26 Å². The van der Waals surface area contributed by atoms with Crippen molar-refractivity contribution in [2.45, 2.75) is 12.7 Å². The smallest absolute Gasteiger partial charge is 0.378 e. The van der Waals surface area contributed by atoms with E-state index >= 15 is 0 Å². The maximum absolute atomic E-state index is 12.9. The van der Waals surface area contributed by atoms with E-state index < -0.39 is 11.7 Å². The Morgan fingerprint density at radius 2 is 2.00 bits per heavy atom. The standard InChI is InChI=1S/C13H8ClF3N2S/c14-11-3-1-2-10(13(15,16)17)12(11)19-7-9-5-4-8(6-18)20-9/h1-5,19H,7H2. The lowest BCUT2D eigenvalue weighted by molar-refractivity contribution is -0.136. The van der Waals surface area contributed by atoms with Crippen LogP contribution in [0.15, 0.2) is 30.3 Å². The molecule has 20 heavy (non-hydrogen) atoms. The number of nitrogens with one attached hydrogen (secondary N) is 1. The fourth-order valence-electron chi connectivity index (χ4n) is 1.65. The number of benzene rings is 1. The van der Waals surface area contributed by atoms with Crippen LogP contribution in [0.5, 0.6) is 0 Å². The average molecular weight is 317 g/mol. The lowest BCUT2D eigenvalue weighted by Gasteiger charge is -2.15. The van der Waals surface area contributed by atoms with Crippen LogP contribution in [0.1, 0.15) is 15.3 Å². The van der Waals surface area contributed by atoms with Gasteiger partial charge in [0.25, 0.3) is 0 Å². The van der Waals surface area contributed by atoms with Crippen LogP contribution < -0.4 is 5.32 Å². The van der Waals surface area contributed by atoms with Gasteiger partial charge in [0.1, 0.15) is 10.9 Å². The molecule has 0 saturated heterocycles. The first-order chi connectivity index (χ1) is 9.41. The number of para-hydroxylation sites is 1. The van der Waals surface area contributed by atoms with Crippen molar-refractivity contribution in [3.05, 3.63) is 50.7 Å². The second-order valence-corrected chi connectivity index (χ2v) is 5.47. The van der Waals surface area contributed by atoms with Gasteiger partial charge in [-0.25, -0.2) is 0 Å². The summed E-state index contributed by atoms with van der Waals surface area (Å²) < 4.78 is 38.6. The van der Waals surface area contributed by atoms with E-state index in [-0.39, 0.29) is 17.3 Å². The van der Waals surface area contributed by atoms with Crippen molar-refractivity contribution >= 4 is 28.6 Å². The largest absolute Gasteiger partial charge is 0.418 e. The van der Waals surface area contributed by atoms with Crippen LogP contribution >= 0.6 is 22.9 Å². The Labute approximate surface area is 122 Å². The molecule has 1 aromatic heterocycles. The number of hydrogen-bond donors (Lipinski definition) is 1. The van der Waals surface area contributed by atoms with Crippen LogP contribution in [0, 0.1) is 11.3 Å². The lowest BCUT2D eigenvalue weighted by atomic mass is 10.1. The molecule has 0 aliphatic carbocycles. The average Bonchev–Trinajstić information content (AvgIpc) is 2.84. The van der Waals surface area contributed by atoms with Crippen LogP contribution in [0.3, 0.4) is 0 Å². The molecule has 0 bridgehead atoms. The molecule has 0 aliphatic rings. The van der Waals surface area contributed by atoms with E-state index in [4.69, 9.17) is 16.9 Å². The van der Waals surface area contributed by atoms with Crippen LogP contribution in [0.25, 0.3) is 0 Å². The molecule has 0 spiro atoms. The Balaban J connectivity index is 2.23. The van der Waals surface area contributed by atoms with Gasteiger partial charge in [-0.3, -0.25) is 0 Å². The number of hydrogen-bond acceptors (Lipinski definition) is 3. The summed E-state index contributed by atoms with van der Waals surface area (Å²) in [5, 5.41) is 11.4. The van der Waals surface area contributed by atoms with Crippen LogP contribution in [-0.2, 0) is 12.7 Å². The third-order valence-electron chi connectivity index (χ3n) is 2.53. The van der Waals surface area contributed by atoms with Gasteiger partial charge in [0, 0.05) is 11.4 Å². The number of nitrogens with zero attached hydrogens (tertiary/aromatic N) is 1. The molecule has 0 amide bonds. The minimum atomic E-state index is -4.47. The first-order valence-corrected chi connectivity index (χ1v) is 6.69. The van der Waals surface area contributed by atoms with E-state index in [0.29, 0.717) is 4.88 Å². The fraction of sp³-hybridized carbons (Fsp3) is 0.154. The van der Waals surface area contributed by atoms with Crippen molar-refractivity contribution in [2.75, 3.05) is 5.32 Å². The van der Waals surface area contributed by atoms with Gasteiger partial charge >= 0.3 is 6.18 Å². The summed E-state index contributed by atoms with van der Waals surface area (Å²) in [7, 11) is 0. The van der Waals surface area contributed by atoms with Crippen LogP contribution in [0.2, 0.25) is 5.02 Å². The predicted octanol–water partition coefficient (Wildman–Crippen LogP) is 4.90. The summed E-state index contributed by atoms with van der Waals surface area (Å²) in [5.74, 6) is 0. The molecule has 0 unspecified atom stereocenters. The second-order valence-electron chi connectivity index (χ2n) is 3.89. The third-order valence-corrected chi connectivity index (χ3v) is 3.84. The molecule has 0 aliphatic heterocycles. The molecule has 1 N–H and O–H groups in total. The molecular weight excluding hydrogens is 309 g/mol. The van der Waals surface area contributed by atoms with Crippen molar-refractivity contribution < 1.29 is 13.2 Å². The van der Waals surface area contributed by atoms with Crippen LogP contribution in [0.4, 0.5) is 18.9 Å². The molecule has 2 aromatic rings. The Morgan fingerprint density at radius 1 is 1.25 bits per heavy atom. The summed E-state index contributed by atoms with van der Waals surface area (Å²) in [6.07, 6.45) is -4.47. The van der Waals surface area contributed by atoms with Crippen LogP contribution in [-0.4, -0.2) is 0 Å². The summed E-state index contributed by atoms with van der Waals surface area (Å²) in [5.41, 5.74) is -0.948. The molecule has 0 fully saturated rings. The summed E-state index contributed by atoms with van der Waals surface area (Å²) in [6, 6.07) is 8.93. The van der Waals surface area contributed by atoms with Gasteiger partial charge in [-0.1, -0.05) is 17.7 Å². The zero-order chi connectivity index (χ0) is 14.8. The maximum Gasteiger partial charge on any atom is 0.418 e. The molecule has 1 aromatic carbocycles. The van der Waals surface area contributed by atoms with Gasteiger partial charge in [0.05, 0.1) is 16.3 Å². The highest BCUT2D eigenvalue weighted by Gasteiger charge is 2.34. The number of anilines is 1. The molecular formula is C13H8ClF3N2S. The maximum atomic E-state index is 12.9. The van der Waals surface area contributed by atoms with Crippen molar-refractivity contribution in [2.24, 2.45) is 0 Å². The number of thiophene rings is 1. The molecule has 0 radical (unpaired) electrons. The van der Waals surface area contributed by atoms with Gasteiger partial charge in [-0.05, 0) is 24.3 Å². The van der Waals surface area contributed by atoms with E-state index in [1.807, 2.05) is 6.07 Å². The van der Waals surface area contributed by atoms with Crippen molar-refractivity contribution in [1.82, 2.24) is 0 Å². The SMILES string of the molecule is N#Cc1ccc(CNc2c(Cl)cccc2C(F)(F)F)s1. The Kier molecular flexibility index (Phi) is 4.21. The highest BCUT2D eigenvalue weighted by Crippen LogP contribution is 2.38. The molecule has 104 valence electrons. The number of halogens is 4. The van der Waals surface area contributed by atoms with Gasteiger partial charge < -0.3 is 5.32 Å². The number of nitriles is 1. The van der Waals surface area contributed by atoms with Gasteiger partial charge in [0.15, 0.2) is 0 Å². The van der Waals surface area contributed by atoms with E-state index in [1.54, 1.807) is 12.1 Å². The topological polar surface area (TPSA) is 35.8 Å². The Morgan fingerprint density at radius 3 is 2.60 bits per heavy atom. The van der Waals surface area contributed by atoms with E-state index in [9.17, 15) is 13.2 Å². The normalized spacial score (nSPS) is 11.2. The quantitative estimate of drug-likeness (QED) is 0.873. The molecule has 2 rings (SSSR count). The zero-order valence-corrected chi connectivity index (χ0v) is 11.5. The first-order valence-electron chi connectivity index (χ1n) is 5.50. The molecule has 1 heterocycles. The predicted molar refractivity (Wildman–Crippen MR) is 72.8 cm³/mol. The fourth-order valence-corrected chi connectivity index (χ4v) is 2.63. The van der Waals surface area contributed by atoms with Gasteiger partial charge in [0.2, 0.25) is 0 Å². The minimum Gasteiger partial charge on any atom is -0.378 e. The van der Waals surface area contributed by atoms with Crippen molar-refractivity contribution in [3.8, 4) is 6.07 Å². The van der Waals surface area contributed by atoms with E-state index in [0.717, 1.165) is 10.9 Å². The second kappa shape index (κ2) is 5.73. The highest BCUT2D eigenvalue weighted by molar-refractivity contribution is 7.12. The number of alkyl halides is 3. The molecule has 0 saturated carbocycles.